The summed E-state index contributed by atoms with van der Waals surface area (Å²) in [5.74, 6) is 1.21. The van der Waals surface area contributed by atoms with Crippen LogP contribution < -0.4 is 24.8 Å². The minimum absolute atomic E-state index is 0.246. The molecule has 9 nitrogen and oxygen atoms in total. The second-order valence-corrected chi connectivity index (χ2v) is 9.91. The van der Waals surface area contributed by atoms with Crippen LogP contribution in [0.2, 0.25) is 5.02 Å². The first-order valence-corrected chi connectivity index (χ1v) is 13.3. The standard InChI is InChI=1S/C30H29ClFN5O4/c1-37-11-5-7-19(37)9-10-29(38)35-24-13-21-23(15-27(24)39-2)33-17-34-30(21)36-25-14-22(31)26(16-28(25)40-3)41-20-8-4-6-18(32)12-20/h4,6,8-10,12-17,19H,5,7,11H2,1-3H3,(H,35,38)(H,33,34,36). The number of fused-ring (bicyclic) bond motifs is 1. The molecule has 0 saturated carbocycles. The highest BCUT2D eigenvalue weighted by Gasteiger charge is 2.19. The summed E-state index contributed by atoms with van der Waals surface area (Å²) in [5.41, 5.74) is 1.57. The van der Waals surface area contributed by atoms with Gasteiger partial charge in [-0.15, -0.1) is 0 Å². The summed E-state index contributed by atoms with van der Waals surface area (Å²) in [6.45, 7) is 1.02. The molecule has 1 saturated heterocycles. The number of amides is 1. The first-order chi connectivity index (χ1) is 19.8. The average Bonchev–Trinajstić information content (AvgIpc) is 3.37. The van der Waals surface area contributed by atoms with Gasteiger partial charge in [-0.05, 0) is 50.7 Å². The van der Waals surface area contributed by atoms with Crippen molar-refractivity contribution in [1.82, 2.24) is 14.9 Å². The molecule has 0 aliphatic carbocycles. The maximum atomic E-state index is 13.6. The monoisotopic (exact) mass is 577 g/mol. The average molecular weight is 578 g/mol. The zero-order valence-electron chi connectivity index (χ0n) is 22.8. The molecule has 2 heterocycles. The van der Waals surface area contributed by atoms with E-state index in [2.05, 4.69) is 25.5 Å². The number of nitrogens with one attached hydrogen (secondary N) is 2. The predicted molar refractivity (Wildman–Crippen MR) is 157 cm³/mol. The van der Waals surface area contributed by atoms with Crippen molar-refractivity contribution in [3.63, 3.8) is 0 Å². The quantitative estimate of drug-likeness (QED) is 0.216. The van der Waals surface area contributed by atoms with Crippen LogP contribution in [0.15, 0.2) is 67.0 Å². The van der Waals surface area contributed by atoms with Crippen LogP contribution in [0.4, 0.5) is 21.6 Å². The van der Waals surface area contributed by atoms with Crippen LogP contribution in [0.25, 0.3) is 10.9 Å². The van der Waals surface area contributed by atoms with Gasteiger partial charge in [0.25, 0.3) is 0 Å². The van der Waals surface area contributed by atoms with Gasteiger partial charge < -0.3 is 24.8 Å². The van der Waals surface area contributed by atoms with E-state index in [4.69, 9.17) is 25.8 Å². The maximum absolute atomic E-state index is 13.6. The molecule has 1 unspecified atom stereocenters. The smallest absolute Gasteiger partial charge is 0.248 e. The number of anilines is 3. The number of carbonyl (C=O) groups is 1. The predicted octanol–water partition coefficient (Wildman–Crippen LogP) is 6.56. The number of likely N-dealkylation sites (N-methyl/N-ethyl adjacent to an activating group) is 1. The normalized spacial score (nSPS) is 15.3. The molecule has 1 fully saturated rings. The molecule has 1 atom stereocenters. The second-order valence-electron chi connectivity index (χ2n) is 9.50. The number of aromatic nitrogens is 2. The molecular weight excluding hydrogens is 549 g/mol. The number of likely N-dealkylation sites (tertiary alicyclic amines) is 1. The van der Waals surface area contributed by atoms with Crippen molar-refractivity contribution in [1.29, 1.82) is 0 Å². The molecule has 0 bridgehead atoms. The van der Waals surface area contributed by atoms with Gasteiger partial charge in [-0.25, -0.2) is 14.4 Å². The van der Waals surface area contributed by atoms with Gasteiger partial charge in [0.15, 0.2) is 0 Å². The lowest BCUT2D eigenvalue weighted by molar-refractivity contribution is -0.111. The number of ether oxygens (including phenoxy) is 3. The first-order valence-electron chi connectivity index (χ1n) is 12.9. The molecule has 0 radical (unpaired) electrons. The van der Waals surface area contributed by atoms with Crippen molar-refractivity contribution >= 4 is 45.6 Å². The van der Waals surface area contributed by atoms with E-state index in [1.807, 2.05) is 13.1 Å². The van der Waals surface area contributed by atoms with Gasteiger partial charge in [-0.1, -0.05) is 23.7 Å². The van der Waals surface area contributed by atoms with Crippen LogP contribution in [0.1, 0.15) is 12.8 Å². The molecule has 1 aliphatic heterocycles. The fourth-order valence-electron chi connectivity index (χ4n) is 4.67. The largest absolute Gasteiger partial charge is 0.494 e. The molecule has 3 aromatic carbocycles. The third-order valence-corrected chi connectivity index (χ3v) is 7.09. The summed E-state index contributed by atoms with van der Waals surface area (Å²) in [4.78, 5) is 23.8. The van der Waals surface area contributed by atoms with Crippen LogP contribution in [0.3, 0.4) is 0 Å². The Morgan fingerprint density at radius 2 is 1.88 bits per heavy atom. The summed E-state index contributed by atoms with van der Waals surface area (Å²) < 4.78 is 30.5. The van der Waals surface area contributed by atoms with E-state index in [-0.39, 0.29) is 17.0 Å². The van der Waals surface area contributed by atoms with E-state index in [0.29, 0.717) is 51.1 Å². The van der Waals surface area contributed by atoms with Gasteiger partial charge in [0, 0.05) is 35.7 Å². The van der Waals surface area contributed by atoms with Crippen molar-refractivity contribution in [3.8, 4) is 23.0 Å². The molecule has 2 N–H and O–H groups in total. The molecule has 5 rings (SSSR count). The molecule has 212 valence electrons. The van der Waals surface area contributed by atoms with Gasteiger partial charge in [-0.2, -0.15) is 0 Å². The minimum atomic E-state index is -0.427. The Labute approximate surface area is 241 Å². The van der Waals surface area contributed by atoms with Crippen molar-refractivity contribution < 1.29 is 23.4 Å². The highest BCUT2D eigenvalue weighted by molar-refractivity contribution is 6.32. The summed E-state index contributed by atoms with van der Waals surface area (Å²) in [6, 6.07) is 12.7. The Balaban J connectivity index is 1.43. The lowest BCUT2D eigenvalue weighted by Gasteiger charge is -2.16. The topological polar surface area (TPSA) is 97.8 Å². The SMILES string of the molecule is COc1cc2ncnc(Nc3cc(Cl)c(Oc4cccc(F)c4)cc3OC)c2cc1NC(=O)C=CC1CCCN1C. The zero-order valence-corrected chi connectivity index (χ0v) is 23.5. The van der Waals surface area contributed by atoms with Crippen LogP contribution in [-0.2, 0) is 4.79 Å². The van der Waals surface area contributed by atoms with Gasteiger partial charge >= 0.3 is 0 Å². The van der Waals surface area contributed by atoms with Crippen LogP contribution >= 0.6 is 11.6 Å². The Morgan fingerprint density at radius 3 is 2.61 bits per heavy atom. The van der Waals surface area contributed by atoms with E-state index in [9.17, 15) is 9.18 Å². The lowest BCUT2D eigenvalue weighted by Crippen LogP contribution is -2.23. The number of nitrogens with zero attached hydrogens (tertiary/aromatic N) is 3. The molecule has 11 heteroatoms. The number of hydrogen-bond donors (Lipinski definition) is 2. The molecule has 4 aromatic rings. The third-order valence-electron chi connectivity index (χ3n) is 6.79. The Morgan fingerprint density at radius 1 is 1.07 bits per heavy atom. The molecular formula is C30H29ClFN5O4. The van der Waals surface area contributed by atoms with Crippen LogP contribution in [-0.4, -0.2) is 54.6 Å². The highest BCUT2D eigenvalue weighted by Crippen LogP contribution is 2.40. The summed E-state index contributed by atoms with van der Waals surface area (Å²) in [7, 11) is 5.09. The fourth-order valence-corrected chi connectivity index (χ4v) is 4.87. The number of methoxy groups -OCH3 is 2. The van der Waals surface area contributed by atoms with Crippen LogP contribution in [0, 0.1) is 5.82 Å². The second kappa shape index (κ2) is 12.4. The van der Waals surface area contributed by atoms with E-state index < -0.39 is 5.82 Å². The molecule has 1 amide bonds. The summed E-state index contributed by atoms with van der Waals surface area (Å²) in [5, 5.41) is 7.05. The van der Waals surface area contributed by atoms with Crippen molar-refractivity contribution in [2.24, 2.45) is 0 Å². The fraction of sp³-hybridized carbons (Fsp3) is 0.233. The van der Waals surface area contributed by atoms with Crippen molar-refractivity contribution in [3.05, 3.63) is 77.9 Å². The molecule has 0 spiro atoms. The summed E-state index contributed by atoms with van der Waals surface area (Å²) >= 11 is 6.52. The zero-order chi connectivity index (χ0) is 28.9. The first kappa shape index (κ1) is 28.1. The molecule has 1 aromatic heterocycles. The maximum Gasteiger partial charge on any atom is 0.248 e. The molecule has 1 aliphatic rings. The Hall–Kier alpha value is -4.41. The van der Waals surface area contributed by atoms with Gasteiger partial charge in [0.2, 0.25) is 5.91 Å². The number of benzene rings is 3. The third kappa shape index (κ3) is 6.50. The van der Waals surface area contributed by atoms with E-state index in [0.717, 1.165) is 19.4 Å². The van der Waals surface area contributed by atoms with Gasteiger partial charge in [0.05, 0.1) is 36.1 Å². The highest BCUT2D eigenvalue weighted by atomic mass is 35.5. The Kier molecular flexibility index (Phi) is 8.51. The van der Waals surface area contributed by atoms with E-state index in [1.165, 1.54) is 32.7 Å². The van der Waals surface area contributed by atoms with Gasteiger partial charge in [-0.3, -0.25) is 9.69 Å². The number of carbonyl (C=O) groups excluding carboxylic acids is 1. The van der Waals surface area contributed by atoms with Gasteiger partial charge in [0.1, 0.15) is 41.0 Å². The van der Waals surface area contributed by atoms with Crippen molar-refractivity contribution in [2.75, 3.05) is 38.4 Å². The summed E-state index contributed by atoms with van der Waals surface area (Å²) in [6.07, 6.45) is 7.02. The molecule has 41 heavy (non-hydrogen) atoms. The van der Waals surface area contributed by atoms with E-state index in [1.54, 1.807) is 42.5 Å². The Bertz CT molecular complexity index is 1620. The van der Waals surface area contributed by atoms with Crippen LogP contribution in [0.5, 0.6) is 23.0 Å². The number of halogens is 2. The minimum Gasteiger partial charge on any atom is -0.494 e. The number of hydrogen-bond acceptors (Lipinski definition) is 8. The number of rotatable bonds is 9. The van der Waals surface area contributed by atoms with Crippen molar-refractivity contribution in [2.45, 2.75) is 18.9 Å². The lowest BCUT2D eigenvalue weighted by atomic mass is 10.1. The van der Waals surface area contributed by atoms with E-state index >= 15 is 0 Å².